The van der Waals surface area contributed by atoms with Crippen molar-refractivity contribution < 1.29 is 19.4 Å². The number of anilines is 1. The van der Waals surface area contributed by atoms with Crippen molar-refractivity contribution in [3.05, 3.63) is 29.3 Å². The highest BCUT2D eigenvalue weighted by atomic mass is 16.6. The lowest BCUT2D eigenvalue weighted by Gasteiger charge is -2.51. The van der Waals surface area contributed by atoms with E-state index in [-0.39, 0.29) is 5.78 Å². The van der Waals surface area contributed by atoms with Gasteiger partial charge in [0.25, 0.3) is 0 Å². The maximum atomic E-state index is 12.4. The van der Waals surface area contributed by atoms with Gasteiger partial charge in [-0.3, -0.25) is 10.1 Å². The van der Waals surface area contributed by atoms with Crippen LogP contribution in [-0.2, 0) is 21.4 Å². The SMILES string of the molecule is CC(C)(C)OC(=O)Nc1ccc2c(c1)CC[C@]1(O)C(=O)CCC[C@]21C. The lowest BCUT2D eigenvalue weighted by Crippen LogP contribution is -2.60. The van der Waals surface area contributed by atoms with Gasteiger partial charge in [0.2, 0.25) is 0 Å². The van der Waals surface area contributed by atoms with Crippen molar-refractivity contribution in [3.8, 4) is 0 Å². The first-order valence-electron chi connectivity index (χ1n) is 8.94. The molecule has 2 atom stereocenters. The Balaban J connectivity index is 1.88. The number of aliphatic hydroxyl groups is 1. The molecule has 3 rings (SSSR count). The molecule has 0 bridgehead atoms. The summed E-state index contributed by atoms with van der Waals surface area (Å²) in [4.78, 5) is 24.4. The molecule has 0 spiro atoms. The first kappa shape index (κ1) is 17.9. The molecule has 2 N–H and O–H groups in total. The molecule has 2 aliphatic rings. The molecule has 1 aromatic carbocycles. The van der Waals surface area contributed by atoms with Crippen LogP contribution in [0.1, 0.15) is 64.5 Å². The van der Waals surface area contributed by atoms with Gasteiger partial charge in [-0.15, -0.1) is 0 Å². The van der Waals surface area contributed by atoms with E-state index in [1.807, 2.05) is 45.9 Å². The summed E-state index contributed by atoms with van der Waals surface area (Å²) in [5.74, 6) is -0.0390. The van der Waals surface area contributed by atoms with Gasteiger partial charge >= 0.3 is 6.09 Å². The van der Waals surface area contributed by atoms with Gasteiger partial charge in [-0.05, 0) is 69.7 Å². The molecule has 5 nitrogen and oxygen atoms in total. The molecule has 136 valence electrons. The molecule has 0 unspecified atom stereocenters. The van der Waals surface area contributed by atoms with Crippen LogP contribution in [-0.4, -0.2) is 28.2 Å². The van der Waals surface area contributed by atoms with Crippen LogP contribution in [0.25, 0.3) is 0 Å². The molecular weight excluding hydrogens is 318 g/mol. The number of hydrogen-bond donors (Lipinski definition) is 2. The molecule has 2 aliphatic carbocycles. The lowest BCUT2D eigenvalue weighted by atomic mass is 9.55. The fourth-order valence-corrected chi connectivity index (χ4v) is 4.25. The highest BCUT2D eigenvalue weighted by Gasteiger charge is 2.56. The monoisotopic (exact) mass is 345 g/mol. The van der Waals surface area contributed by atoms with Gasteiger partial charge in [0, 0.05) is 17.5 Å². The average Bonchev–Trinajstić information content (AvgIpc) is 2.48. The minimum atomic E-state index is -1.27. The van der Waals surface area contributed by atoms with Gasteiger partial charge < -0.3 is 9.84 Å². The highest BCUT2D eigenvalue weighted by molar-refractivity contribution is 5.91. The van der Waals surface area contributed by atoms with Gasteiger partial charge in [0.1, 0.15) is 11.2 Å². The minimum Gasteiger partial charge on any atom is -0.444 e. The van der Waals surface area contributed by atoms with E-state index in [0.717, 1.165) is 24.0 Å². The van der Waals surface area contributed by atoms with Crippen molar-refractivity contribution in [2.75, 3.05) is 5.32 Å². The van der Waals surface area contributed by atoms with Crippen LogP contribution in [0.5, 0.6) is 0 Å². The van der Waals surface area contributed by atoms with Gasteiger partial charge in [0.15, 0.2) is 5.78 Å². The number of rotatable bonds is 1. The van der Waals surface area contributed by atoms with E-state index in [9.17, 15) is 14.7 Å². The van der Waals surface area contributed by atoms with E-state index in [4.69, 9.17) is 4.74 Å². The fraction of sp³-hybridized carbons (Fsp3) is 0.600. The molecule has 1 amide bonds. The van der Waals surface area contributed by atoms with Crippen molar-refractivity contribution in [3.63, 3.8) is 0 Å². The standard InChI is InChI=1S/C20H27NO4/c1-18(2,3)25-17(23)21-14-7-8-15-13(12-14)9-11-20(24)16(22)6-5-10-19(15,20)4/h7-8,12,24H,5-6,9-11H2,1-4H3,(H,21,23)/t19-,20+/m1/s1. The smallest absolute Gasteiger partial charge is 0.412 e. The Hall–Kier alpha value is -1.88. The molecule has 0 heterocycles. The Labute approximate surface area is 148 Å². The second kappa shape index (κ2) is 5.84. The number of ketones is 1. The summed E-state index contributed by atoms with van der Waals surface area (Å²) in [5.41, 5.74) is 0.396. The third-order valence-electron chi connectivity index (χ3n) is 5.56. The third kappa shape index (κ3) is 3.06. The molecular formula is C20H27NO4. The molecule has 25 heavy (non-hydrogen) atoms. The van der Waals surface area contributed by atoms with Crippen molar-refractivity contribution in [2.45, 2.75) is 76.4 Å². The lowest BCUT2D eigenvalue weighted by molar-refractivity contribution is -0.153. The summed E-state index contributed by atoms with van der Waals surface area (Å²) in [7, 11) is 0. The summed E-state index contributed by atoms with van der Waals surface area (Å²) in [6, 6.07) is 5.69. The zero-order valence-corrected chi connectivity index (χ0v) is 15.4. The van der Waals surface area contributed by atoms with E-state index in [0.29, 0.717) is 24.9 Å². The summed E-state index contributed by atoms with van der Waals surface area (Å²) < 4.78 is 5.29. The van der Waals surface area contributed by atoms with Crippen LogP contribution in [0.2, 0.25) is 0 Å². The number of amides is 1. The number of aryl methyl sites for hydroxylation is 1. The average molecular weight is 345 g/mol. The van der Waals surface area contributed by atoms with Gasteiger partial charge in [-0.25, -0.2) is 4.79 Å². The second-order valence-corrected chi connectivity index (χ2v) is 8.47. The van der Waals surface area contributed by atoms with E-state index in [2.05, 4.69) is 5.32 Å². The number of nitrogens with one attached hydrogen (secondary N) is 1. The topological polar surface area (TPSA) is 75.6 Å². The molecule has 0 aromatic heterocycles. The summed E-state index contributed by atoms with van der Waals surface area (Å²) in [6.45, 7) is 7.45. The minimum absolute atomic E-state index is 0.0390. The van der Waals surface area contributed by atoms with Crippen LogP contribution >= 0.6 is 0 Å². The number of ether oxygens (including phenoxy) is 1. The molecule has 0 aliphatic heterocycles. The van der Waals surface area contributed by atoms with Crippen molar-refractivity contribution in [1.82, 2.24) is 0 Å². The molecule has 0 saturated heterocycles. The summed E-state index contributed by atoms with van der Waals surface area (Å²) in [5, 5.41) is 13.8. The van der Waals surface area contributed by atoms with Crippen molar-refractivity contribution in [2.24, 2.45) is 0 Å². The molecule has 0 radical (unpaired) electrons. The Kier molecular flexibility index (Phi) is 4.18. The van der Waals surface area contributed by atoms with E-state index >= 15 is 0 Å². The zero-order valence-electron chi connectivity index (χ0n) is 15.4. The number of hydrogen-bond acceptors (Lipinski definition) is 4. The van der Waals surface area contributed by atoms with E-state index in [1.54, 1.807) is 0 Å². The van der Waals surface area contributed by atoms with Gasteiger partial charge in [0.05, 0.1) is 0 Å². The molecule has 1 aromatic rings. The first-order valence-corrected chi connectivity index (χ1v) is 8.94. The number of Topliss-reactive ketones (excluding diaryl/α,β-unsaturated/α-hetero) is 1. The van der Waals surface area contributed by atoms with Crippen LogP contribution in [0.3, 0.4) is 0 Å². The maximum absolute atomic E-state index is 12.4. The molecule has 1 saturated carbocycles. The highest BCUT2D eigenvalue weighted by Crippen LogP contribution is 2.51. The number of carbonyl (C=O) groups excluding carboxylic acids is 2. The molecule has 1 fully saturated rings. The van der Waals surface area contributed by atoms with E-state index < -0.39 is 22.7 Å². The van der Waals surface area contributed by atoms with Crippen LogP contribution < -0.4 is 5.32 Å². The van der Waals surface area contributed by atoms with Gasteiger partial charge in [-0.1, -0.05) is 13.0 Å². The maximum Gasteiger partial charge on any atom is 0.412 e. The van der Waals surface area contributed by atoms with Crippen molar-refractivity contribution >= 4 is 17.6 Å². The normalized spacial score (nSPS) is 28.8. The van der Waals surface area contributed by atoms with E-state index in [1.165, 1.54) is 0 Å². The first-order chi connectivity index (χ1) is 11.6. The molecule has 5 heteroatoms. The zero-order chi connectivity index (χ0) is 18.5. The summed E-state index contributed by atoms with van der Waals surface area (Å²) >= 11 is 0. The number of carbonyl (C=O) groups is 2. The Morgan fingerprint density at radius 1 is 1.24 bits per heavy atom. The predicted octanol–water partition coefficient (Wildman–Crippen LogP) is 3.72. The predicted molar refractivity (Wildman–Crippen MR) is 95.8 cm³/mol. The third-order valence-corrected chi connectivity index (χ3v) is 5.56. The van der Waals surface area contributed by atoms with Crippen LogP contribution in [0.15, 0.2) is 18.2 Å². The van der Waals surface area contributed by atoms with Crippen LogP contribution in [0.4, 0.5) is 10.5 Å². The fourth-order valence-electron chi connectivity index (χ4n) is 4.25. The Bertz CT molecular complexity index is 721. The van der Waals surface area contributed by atoms with Crippen molar-refractivity contribution in [1.29, 1.82) is 0 Å². The Morgan fingerprint density at radius 2 is 1.96 bits per heavy atom. The quantitative estimate of drug-likeness (QED) is 0.813. The number of fused-ring (bicyclic) bond motifs is 3. The number of benzene rings is 1. The largest absolute Gasteiger partial charge is 0.444 e. The van der Waals surface area contributed by atoms with Gasteiger partial charge in [-0.2, -0.15) is 0 Å². The second-order valence-electron chi connectivity index (χ2n) is 8.47. The summed E-state index contributed by atoms with van der Waals surface area (Å²) in [6.07, 6.45) is 2.62. The van der Waals surface area contributed by atoms with Crippen LogP contribution in [0, 0.1) is 0 Å². The Morgan fingerprint density at radius 3 is 2.64 bits per heavy atom.